The largest absolute Gasteiger partial charge is 0.338 e. The van der Waals surface area contributed by atoms with Crippen LogP contribution in [0.1, 0.15) is 54.7 Å². The first-order chi connectivity index (χ1) is 12.2. The number of nitrogens with zero attached hydrogens (tertiary/aromatic N) is 3. The normalized spacial score (nSPS) is 17.7. The van der Waals surface area contributed by atoms with E-state index in [9.17, 15) is 4.79 Å². The van der Waals surface area contributed by atoms with E-state index in [0.717, 1.165) is 48.8 Å². The smallest absolute Gasteiger partial charge is 0.255 e. The number of rotatable bonds is 6. The van der Waals surface area contributed by atoms with E-state index >= 15 is 0 Å². The number of likely N-dealkylation sites (tertiary alicyclic amines) is 1. The van der Waals surface area contributed by atoms with Crippen molar-refractivity contribution in [2.24, 2.45) is 0 Å². The van der Waals surface area contributed by atoms with Crippen molar-refractivity contribution in [3.63, 3.8) is 0 Å². The zero-order chi connectivity index (χ0) is 17.6. The summed E-state index contributed by atoms with van der Waals surface area (Å²) in [7, 11) is 0. The number of carbonyl (C=O) groups is 1. The Balaban J connectivity index is 1.75. The lowest BCUT2D eigenvalue weighted by Crippen LogP contribution is -2.40. The molecule has 4 nitrogen and oxygen atoms in total. The van der Waals surface area contributed by atoms with Crippen molar-refractivity contribution in [2.45, 2.75) is 50.0 Å². The minimum atomic E-state index is 0.154. The third-order valence-electron chi connectivity index (χ3n) is 4.91. The number of carbonyl (C=O) groups excluding carboxylic acids is 1. The molecule has 5 heteroatoms. The number of benzene rings is 1. The van der Waals surface area contributed by atoms with Crippen LogP contribution in [0.4, 0.5) is 0 Å². The van der Waals surface area contributed by atoms with Crippen molar-refractivity contribution >= 4 is 17.7 Å². The zero-order valence-electron chi connectivity index (χ0n) is 15.1. The van der Waals surface area contributed by atoms with Gasteiger partial charge < -0.3 is 9.47 Å². The summed E-state index contributed by atoms with van der Waals surface area (Å²) in [6, 6.07) is 7.91. The Morgan fingerprint density at radius 2 is 2.20 bits per heavy atom. The van der Waals surface area contributed by atoms with Crippen LogP contribution in [-0.4, -0.2) is 39.7 Å². The van der Waals surface area contributed by atoms with E-state index in [4.69, 9.17) is 0 Å². The predicted molar refractivity (Wildman–Crippen MR) is 103 cm³/mol. The summed E-state index contributed by atoms with van der Waals surface area (Å²) >= 11 is 1.63. The Morgan fingerprint density at radius 3 is 3.00 bits per heavy atom. The van der Waals surface area contributed by atoms with Crippen LogP contribution in [0, 0.1) is 0 Å². The Bertz CT molecular complexity index is 712. The fourth-order valence-corrected chi connectivity index (χ4v) is 4.15. The molecule has 0 unspecified atom stereocenters. The second kappa shape index (κ2) is 8.56. The summed E-state index contributed by atoms with van der Waals surface area (Å²) < 4.78 is 2.28. The molecule has 0 N–H and O–H groups in total. The minimum absolute atomic E-state index is 0.154. The standard InChI is InChI=1S/C20H27N3OS/c1-3-4-12-22-14-11-21-19(22)16-8-7-13-23(15-16)20(24)17-9-5-6-10-18(17)25-2/h5-6,9-11,14,16H,3-4,7-8,12-13,15H2,1-2H3/t16-/m1/s1. The highest BCUT2D eigenvalue weighted by molar-refractivity contribution is 7.98. The molecule has 3 rings (SSSR count). The Kier molecular flexibility index (Phi) is 6.19. The van der Waals surface area contributed by atoms with Crippen molar-refractivity contribution < 1.29 is 4.79 Å². The van der Waals surface area contributed by atoms with Crippen LogP contribution in [0.25, 0.3) is 0 Å². The fourth-order valence-electron chi connectivity index (χ4n) is 3.56. The molecule has 2 aromatic rings. The number of amides is 1. The summed E-state index contributed by atoms with van der Waals surface area (Å²) in [5, 5.41) is 0. The summed E-state index contributed by atoms with van der Waals surface area (Å²) in [6.45, 7) is 4.84. The van der Waals surface area contributed by atoms with E-state index in [0.29, 0.717) is 5.92 Å². The van der Waals surface area contributed by atoms with E-state index in [-0.39, 0.29) is 5.91 Å². The highest BCUT2D eigenvalue weighted by Crippen LogP contribution is 2.29. The molecule has 0 bridgehead atoms. The van der Waals surface area contributed by atoms with Gasteiger partial charge in [-0.2, -0.15) is 0 Å². The SMILES string of the molecule is CCCCn1ccnc1[C@@H]1CCCN(C(=O)c2ccccc2SC)C1. The monoisotopic (exact) mass is 357 g/mol. The maximum absolute atomic E-state index is 13.0. The summed E-state index contributed by atoms with van der Waals surface area (Å²) in [5.74, 6) is 1.64. The average Bonchev–Trinajstić information content (AvgIpc) is 3.14. The second-order valence-electron chi connectivity index (χ2n) is 6.62. The molecule has 1 atom stereocenters. The van der Waals surface area contributed by atoms with E-state index in [1.54, 1.807) is 11.8 Å². The lowest BCUT2D eigenvalue weighted by atomic mass is 9.96. The fraction of sp³-hybridized carbons (Fsp3) is 0.500. The number of imidazole rings is 1. The molecule has 0 aliphatic carbocycles. The predicted octanol–water partition coefficient (Wildman–Crippen LogP) is 4.42. The molecule has 0 saturated carbocycles. The van der Waals surface area contributed by atoms with Crippen molar-refractivity contribution in [3.05, 3.63) is 48.0 Å². The van der Waals surface area contributed by atoms with Crippen molar-refractivity contribution in [2.75, 3.05) is 19.3 Å². The maximum atomic E-state index is 13.0. The van der Waals surface area contributed by atoms with Crippen LogP contribution < -0.4 is 0 Å². The van der Waals surface area contributed by atoms with Crippen LogP contribution in [-0.2, 0) is 6.54 Å². The van der Waals surface area contributed by atoms with E-state index in [1.807, 2.05) is 41.6 Å². The molecule has 1 aromatic heterocycles. The van der Waals surface area contributed by atoms with Gasteiger partial charge in [0.25, 0.3) is 5.91 Å². The quantitative estimate of drug-likeness (QED) is 0.718. The molecule has 0 radical (unpaired) electrons. The highest BCUT2D eigenvalue weighted by atomic mass is 32.2. The second-order valence-corrected chi connectivity index (χ2v) is 7.47. The van der Waals surface area contributed by atoms with Gasteiger partial charge in [0.1, 0.15) is 5.82 Å². The molecule has 0 spiro atoms. The van der Waals surface area contributed by atoms with Gasteiger partial charge in [0.2, 0.25) is 0 Å². The first-order valence-electron chi connectivity index (χ1n) is 9.18. The van der Waals surface area contributed by atoms with Crippen LogP contribution in [0.5, 0.6) is 0 Å². The molecular formula is C20H27N3OS. The van der Waals surface area contributed by atoms with Gasteiger partial charge in [-0.3, -0.25) is 4.79 Å². The van der Waals surface area contributed by atoms with E-state index in [2.05, 4.69) is 22.7 Å². The van der Waals surface area contributed by atoms with Gasteiger partial charge in [-0.25, -0.2) is 4.98 Å². The summed E-state index contributed by atoms with van der Waals surface area (Å²) in [5.41, 5.74) is 0.824. The summed E-state index contributed by atoms with van der Waals surface area (Å²) in [4.78, 5) is 20.7. The third-order valence-corrected chi connectivity index (χ3v) is 5.71. The molecular weight excluding hydrogens is 330 g/mol. The number of unbranched alkanes of at least 4 members (excludes halogenated alkanes) is 1. The van der Waals surface area contributed by atoms with Gasteiger partial charge in [-0.15, -0.1) is 11.8 Å². The lowest BCUT2D eigenvalue weighted by molar-refractivity contribution is 0.0699. The zero-order valence-corrected chi connectivity index (χ0v) is 16.0. The van der Waals surface area contributed by atoms with Gasteiger partial charge in [-0.05, 0) is 37.7 Å². The third kappa shape index (κ3) is 4.09. The van der Waals surface area contributed by atoms with E-state index in [1.165, 1.54) is 12.8 Å². The van der Waals surface area contributed by atoms with Crippen molar-refractivity contribution in [1.82, 2.24) is 14.5 Å². The van der Waals surface area contributed by atoms with Gasteiger partial charge in [-0.1, -0.05) is 25.5 Å². The molecule has 134 valence electrons. The average molecular weight is 358 g/mol. The molecule has 2 heterocycles. The number of piperidine rings is 1. The Hall–Kier alpha value is -1.75. The molecule has 1 aliphatic heterocycles. The number of aryl methyl sites for hydroxylation is 1. The van der Waals surface area contributed by atoms with Crippen LogP contribution in [0.2, 0.25) is 0 Å². The van der Waals surface area contributed by atoms with Crippen molar-refractivity contribution in [1.29, 1.82) is 0 Å². The first-order valence-corrected chi connectivity index (χ1v) is 10.4. The van der Waals surface area contributed by atoms with Crippen LogP contribution in [0.15, 0.2) is 41.6 Å². The maximum Gasteiger partial charge on any atom is 0.255 e. The van der Waals surface area contributed by atoms with Crippen LogP contribution >= 0.6 is 11.8 Å². The van der Waals surface area contributed by atoms with Gasteiger partial charge in [0.15, 0.2) is 0 Å². The Labute approximate surface area is 154 Å². The number of hydrogen-bond acceptors (Lipinski definition) is 3. The first kappa shape index (κ1) is 18.1. The molecule has 1 aromatic carbocycles. The topological polar surface area (TPSA) is 38.1 Å². The van der Waals surface area contributed by atoms with Crippen LogP contribution in [0.3, 0.4) is 0 Å². The van der Waals surface area contributed by atoms with E-state index < -0.39 is 0 Å². The highest BCUT2D eigenvalue weighted by Gasteiger charge is 2.28. The van der Waals surface area contributed by atoms with Gasteiger partial charge >= 0.3 is 0 Å². The Morgan fingerprint density at radius 1 is 1.36 bits per heavy atom. The molecule has 1 saturated heterocycles. The van der Waals surface area contributed by atoms with Crippen molar-refractivity contribution in [3.8, 4) is 0 Å². The molecule has 1 fully saturated rings. The molecule has 25 heavy (non-hydrogen) atoms. The number of aromatic nitrogens is 2. The summed E-state index contributed by atoms with van der Waals surface area (Å²) in [6.07, 6.45) is 10.5. The number of thioether (sulfide) groups is 1. The van der Waals surface area contributed by atoms with Gasteiger partial charge in [0.05, 0.1) is 5.56 Å². The molecule has 1 aliphatic rings. The lowest BCUT2D eigenvalue weighted by Gasteiger charge is -2.33. The minimum Gasteiger partial charge on any atom is -0.338 e. The molecule has 1 amide bonds. The van der Waals surface area contributed by atoms with Gasteiger partial charge in [0, 0.05) is 42.8 Å². The number of hydrogen-bond donors (Lipinski definition) is 0.